The number of sulfone groups is 1. The molecule has 0 saturated carbocycles. The highest BCUT2D eigenvalue weighted by molar-refractivity contribution is 7.90. The highest BCUT2D eigenvalue weighted by Crippen LogP contribution is 2.13. The van der Waals surface area contributed by atoms with E-state index >= 15 is 0 Å². The van der Waals surface area contributed by atoms with Crippen molar-refractivity contribution >= 4 is 15.7 Å². The molecule has 6 heteroatoms. The number of nitrogens with one attached hydrogen (secondary N) is 1. The molecular weight excluding hydrogens is 264 g/mol. The number of carbonyl (C=O) groups excluding carboxylic acids is 1. The molecule has 0 bridgehead atoms. The molecule has 0 fully saturated rings. The molecule has 0 saturated heterocycles. The van der Waals surface area contributed by atoms with Gasteiger partial charge in [-0.1, -0.05) is 6.92 Å². The van der Waals surface area contributed by atoms with Gasteiger partial charge in [0.1, 0.15) is 5.54 Å². The molecule has 1 atom stereocenters. The minimum absolute atomic E-state index is 0.155. The summed E-state index contributed by atoms with van der Waals surface area (Å²) in [5.41, 5.74) is -0.602. The van der Waals surface area contributed by atoms with E-state index in [9.17, 15) is 13.2 Å². The third kappa shape index (κ3) is 3.80. The van der Waals surface area contributed by atoms with E-state index in [2.05, 4.69) is 5.32 Å². The summed E-state index contributed by atoms with van der Waals surface area (Å²) in [5, 5.41) is 11.6. The number of nitrogens with zero attached hydrogens (tertiary/aromatic N) is 1. The number of nitriles is 1. The quantitative estimate of drug-likeness (QED) is 0.905. The van der Waals surface area contributed by atoms with Crippen molar-refractivity contribution in [1.82, 2.24) is 5.32 Å². The zero-order chi connectivity index (χ0) is 14.7. The van der Waals surface area contributed by atoms with Gasteiger partial charge in [0, 0.05) is 11.8 Å². The maximum absolute atomic E-state index is 11.9. The lowest BCUT2D eigenvalue weighted by molar-refractivity contribution is 0.0923. The van der Waals surface area contributed by atoms with Gasteiger partial charge in [-0.05, 0) is 37.6 Å². The summed E-state index contributed by atoms with van der Waals surface area (Å²) < 4.78 is 22.6. The second-order valence-corrected chi connectivity index (χ2v) is 6.56. The van der Waals surface area contributed by atoms with Crippen LogP contribution in [0.2, 0.25) is 0 Å². The van der Waals surface area contributed by atoms with E-state index in [4.69, 9.17) is 5.26 Å². The predicted octanol–water partition coefficient (Wildman–Crippen LogP) is 1.51. The minimum Gasteiger partial charge on any atom is -0.334 e. The topological polar surface area (TPSA) is 87.0 Å². The lowest BCUT2D eigenvalue weighted by Crippen LogP contribution is -2.44. The van der Waals surface area contributed by atoms with Gasteiger partial charge in [-0.15, -0.1) is 0 Å². The molecule has 1 aromatic carbocycles. The van der Waals surface area contributed by atoms with Crippen LogP contribution in [0, 0.1) is 11.3 Å². The molecule has 0 aliphatic heterocycles. The Morgan fingerprint density at radius 1 is 1.37 bits per heavy atom. The normalized spacial score (nSPS) is 14.2. The summed E-state index contributed by atoms with van der Waals surface area (Å²) in [5.74, 6) is -0.397. The number of hydrogen-bond acceptors (Lipinski definition) is 4. The molecule has 1 unspecified atom stereocenters. The molecule has 1 amide bonds. The highest BCUT2D eigenvalue weighted by Gasteiger charge is 2.24. The van der Waals surface area contributed by atoms with E-state index in [1.165, 1.54) is 24.3 Å². The van der Waals surface area contributed by atoms with E-state index in [-0.39, 0.29) is 4.90 Å². The third-order valence-electron chi connectivity index (χ3n) is 2.89. The van der Waals surface area contributed by atoms with Crippen LogP contribution in [0.3, 0.4) is 0 Å². The first-order valence-corrected chi connectivity index (χ1v) is 7.65. The third-order valence-corrected chi connectivity index (χ3v) is 4.02. The average molecular weight is 280 g/mol. The van der Waals surface area contributed by atoms with Crippen LogP contribution in [0.1, 0.15) is 30.6 Å². The lowest BCUT2D eigenvalue weighted by Gasteiger charge is -2.21. The van der Waals surface area contributed by atoms with Crippen LogP contribution in [0.4, 0.5) is 0 Å². The minimum atomic E-state index is -3.27. The first-order valence-electron chi connectivity index (χ1n) is 5.76. The van der Waals surface area contributed by atoms with Gasteiger partial charge in [-0.25, -0.2) is 8.42 Å². The molecule has 19 heavy (non-hydrogen) atoms. The highest BCUT2D eigenvalue weighted by atomic mass is 32.2. The Hall–Kier alpha value is -1.87. The Labute approximate surface area is 113 Å². The smallest absolute Gasteiger partial charge is 0.252 e. The zero-order valence-corrected chi connectivity index (χ0v) is 11.9. The number of rotatable bonds is 4. The molecule has 1 rings (SSSR count). The van der Waals surface area contributed by atoms with E-state index in [1.807, 2.05) is 6.07 Å². The van der Waals surface area contributed by atoms with Crippen LogP contribution in [0.15, 0.2) is 29.2 Å². The number of hydrogen-bond donors (Lipinski definition) is 1. The van der Waals surface area contributed by atoms with E-state index in [0.717, 1.165) is 6.26 Å². The van der Waals surface area contributed by atoms with Crippen molar-refractivity contribution in [3.8, 4) is 6.07 Å². The van der Waals surface area contributed by atoms with Crippen molar-refractivity contribution in [2.24, 2.45) is 0 Å². The van der Waals surface area contributed by atoms with Crippen LogP contribution in [-0.2, 0) is 9.84 Å². The number of amides is 1. The largest absolute Gasteiger partial charge is 0.334 e. The van der Waals surface area contributed by atoms with Gasteiger partial charge in [0.15, 0.2) is 9.84 Å². The summed E-state index contributed by atoms with van der Waals surface area (Å²) in [6.45, 7) is 3.44. The summed E-state index contributed by atoms with van der Waals surface area (Å²) in [6, 6.07) is 7.65. The van der Waals surface area contributed by atoms with Crippen molar-refractivity contribution in [2.75, 3.05) is 6.26 Å². The van der Waals surface area contributed by atoms with Gasteiger partial charge < -0.3 is 5.32 Å². The van der Waals surface area contributed by atoms with Crippen molar-refractivity contribution in [1.29, 1.82) is 5.26 Å². The summed E-state index contributed by atoms with van der Waals surface area (Å²) >= 11 is 0. The van der Waals surface area contributed by atoms with Gasteiger partial charge >= 0.3 is 0 Å². The fourth-order valence-electron chi connectivity index (χ4n) is 1.37. The Morgan fingerprint density at radius 2 is 1.89 bits per heavy atom. The molecule has 1 N–H and O–H groups in total. The molecule has 0 heterocycles. The van der Waals surface area contributed by atoms with E-state index in [0.29, 0.717) is 12.0 Å². The summed E-state index contributed by atoms with van der Waals surface area (Å²) in [6.07, 6.45) is 1.59. The monoisotopic (exact) mass is 280 g/mol. The fourth-order valence-corrected chi connectivity index (χ4v) is 2.00. The maximum atomic E-state index is 11.9. The van der Waals surface area contributed by atoms with Crippen molar-refractivity contribution < 1.29 is 13.2 Å². The van der Waals surface area contributed by atoms with Crippen LogP contribution < -0.4 is 5.32 Å². The van der Waals surface area contributed by atoms with Crippen molar-refractivity contribution in [3.63, 3.8) is 0 Å². The molecule has 5 nitrogen and oxygen atoms in total. The molecule has 0 aliphatic carbocycles. The number of carbonyl (C=O) groups is 1. The van der Waals surface area contributed by atoms with Crippen LogP contribution >= 0.6 is 0 Å². The summed E-state index contributed by atoms with van der Waals surface area (Å²) in [4.78, 5) is 12.1. The van der Waals surface area contributed by atoms with Crippen molar-refractivity contribution in [3.05, 3.63) is 29.8 Å². The SMILES string of the molecule is CCC(C)(C#N)NC(=O)c1ccc(S(C)(=O)=O)cc1. The molecule has 0 aliphatic rings. The molecule has 0 spiro atoms. The predicted molar refractivity (Wildman–Crippen MR) is 71.3 cm³/mol. The van der Waals surface area contributed by atoms with Crippen LogP contribution in [0.5, 0.6) is 0 Å². The fraction of sp³-hybridized carbons (Fsp3) is 0.385. The maximum Gasteiger partial charge on any atom is 0.252 e. The molecule has 0 aromatic heterocycles. The van der Waals surface area contributed by atoms with Gasteiger partial charge in [0.25, 0.3) is 5.91 Å². The standard InChI is InChI=1S/C13H16N2O3S/c1-4-13(2,9-14)15-12(16)10-5-7-11(8-6-10)19(3,17)18/h5-8H,4H2,1-3H3,(H,15,16). The second-order valence-electron chi connectivity index (χ2n) is 4.55. The Bertz CT molecular complexity index is 614. The Kier molecular flexibility index (Phi) is 4.32. The first kappa shape index (κ1) is 15.2. The Balaban J connectivity index is 2.95. The van der Waals surface area contributed by atoms with E-state index < -0.39 is 21.3 Å². The zero-order valence-electron chi connectivity index (χ0n) is 11.1. The van der Waals surface area contributed by atoms with Crippen LogP contribution in [-0.4, -0.2) is 26.1 Å². The molecule has 102 valence electrons. The van der Waals surface area contributed by atoms with Gasteiger partial charge in [0.05, 0.1) is 11.0 Å². The van der Waals surface area contributed by atoms with Crippen molar-refractivity contribution in [2.45, 2.75) is 30.7 Å². The molecular formula is C13H16N2O3S. The van der Waals surface area contributed by atoms with E-state index in [1.54, 1.807) is 13.8 Å². The second kappa shape index (κ2) is 5.41. The molecule has 1 aromatic rings. The van der Waals surface area contributed by atoms with Gasteiger partial charge in [-0.3, -0.25) is 4.79 Å². The average Bonchev–Trinajstić information content (AvgIpc) is 2.37. The Morgan fingerprint density at radius 3 is 2.26 bits per heavy atom. The van der Waals surface area contributed by atoms with Crippen LogP contribution in [0.25, 0.3) is 0 Å². The molecule has 0 radical (unpaired) electrons. The first-order chi connectivity index (χ1) is 8.72. The number of benzene rings is 1. The lowest BCUT2D eigenvalue weighted by atomic mass is 10.0. The van der Waals surface area contributed by atoms with Gasteiger partial charge in [-0.2, -0.15) is 5.26 Å². The summed E-state index contributed by atoms with van der Waals surface area (Å²) in [7, 11) is -3.27. The van der Waals surface area contributed by atoms with Gasteiger partial charge in [0.2, 0.25) is 0 Å².